The smallest absolute Gasteiger partial charge is 0.191 e. The first-order valence-electron chi connectivity index (χ1n) is 9.14. The van der Waals surface area contributed by atoms with E-state index in [2.05, 4.69) is 58.6 Å². The first-order valence-corrected chi connectivity index (χ1v) is 11.0. The van der Waals surface area contributed by atoms with Crippen LogP contribution in [0.3, 0.4) is 0 Å². The van der Waals surface area contributed by atoms with E-state index in [9.17, 15) is 8.42 Å². The number of aliphatic imine (C=N–C) groups is 1. The van der Waals surface area contributed by atoms with Gasteiger partial charge in [0.1, 0.15) is 0 Å². The minimum Gasteiger partial charge on any atom is -0.370 e. The average Bonchev–Trinajstić information content (AvgIpc) is 2.55. The molecule has 0 aromatic heterocycles. The van der Waals surface area contributed by atoms with Gasteiger partial charge in [0.2, 0.25) is 0 Å². The number of sulfone groups is 1. The number of hydrogen-bond acceptors (Lipinski definition) is 4. The first kappa shape index (κ1) is 22.3. The Labute approximate surface area is 159 Å². The van der Waals surface area contributed by atoms with Crippen LogP contribution in [0.25, 0.3) is 0 Å². The Morgan fingerprint density at radius 2 is 1.92 bits per heavy atom. The maximum atomic E-state index is 11.8. The zero-order valence-corrected chi connectivity index (χ0v) is 17.8. The fraction of sp³-hybridized carbons (Fsp3) is 0.632. The largest absolute Gasteiger partial charge is 0.370 e. The lowest BCUT2D eigenvalue weighted by Crippen LogP contribution is -2.43. The molecule has 0 bridgehead atoms. The van der Waals surface area contributed by atoms with E-state index in [0.29, 0.717) is 12.5 Å². The summed E-state index contributed by atoms with van der Waals surface area (Å²) < 4.78 is 22.8. The summed E-state index contributed by atoms with van der Waals surface area (Å²) in [5.74, 6) is 0.643. The third-order valence-corrected chi connectivity index (χ3v) is 6.53. The standard InChI is InChI=1S/C19H34N4O2S/c1-7-20-18(22-15-19(4,5)26(6,24)25)21-12-13-23(8-2)17-11-9-10-16(3)14-17/h9-11,14H,7-8,12-13,15H2,1-6H3,(H2,20,21,22). The number of nitrogens with one attached hydrogen (secondary N) is 2. The highest BCUT2D eigenvalue weighted by atomic mass is 32.2. The summed E-state index contributed by atoms with van der Waals surface area (Å²) in [6.45, 7) is 13.0. The lowest BCUT2D eigenvalue weighted by molar-refractivity contribution is 0.554. The number of rotatable bonds is 9. The lowest BCUT2D eigenvalue weighted by atomic mass is 10.2. The predicted octanol–water partition coefficient (Wildman–Crippen LogP) is 2.20. The number of guanidine groups is 1. The lowest BCUT2D eigenvalue weighted by Gasteiger charge is -2.25. The molecular formula is C19H34N4O2S. The molecule has 0 amide bonds. The third-order valence-electron chi connectivity index (χ3n) is 4.39. The molecule has 0 unspecified atom stereocenters. The van der Waals surface area contributed by atoms with Crippen molar-refractivity contribution in [1.82, 2.24) is 10.6 Å². The topological polar surface area (TPSA) is 73.8 Å². The minimum atomic E-state index is -3.16. The van der Waals surface area contributed by atoms with Gasteiger partial charge in [0.05, 0.1) is 11.3 Å². The van der Waals surface area contributed by atoms with Gasteiger partial charge in [-0.1, -0.05) is 12.1 Å². The van der Waals surface area contributed by atoms with Gasteiger partial charge in [-0.2, -0.15) is 0 Å². The van der Waals surface area contributed by atoms with Gasteiger partial charge in [-0.3, -0.25) is 4.99 Å². The quantitative estimate of drug-likeness (QED) is 0.506. The molecule has 26 heavy (non-hydrogen) atoms. The Balaban J connectivity index is 2.69. The molecule has 0 aliphatic heterocycles. The van der Waals surface area contributed by atoms with Crippen molar-refractivity contribution < 1.29 is 8.42 Å². The van der Waals surface area contributed by atoms with E-state index in [1.165, 1.54) is 17.5 Å². The van der Waals surface area contributed by atoms with Gasteiger partial charge >= 0.3 is 0 Å². The van der Waals surface area contributed by atoms with Crippen LogP contribution in [-0.4, -0.2) is 58.1 Å². The van der Waals surface area contributed by atoms with Crippen LogP contribution in [0.1, 0.15) is 33.3 Å². The number of aryl methyl sites for hydroxylation is 1. The summed E-state index contributed by atoms with van der Waals surface area (Å²) in [6.07, 6.45) is 1.25. The molecule has 2 N–H and O–H groups in total. The van der Waals surface area contributed by atoms with Crippen molar-refractivity contribution in [2.45, 2.75) is 39.4 Å². The molecule has 0 fully saturated rings. The van der Waals surface area contributed by atoms with Crippen LogP contribution in [0.2, 0.25) is 0 Å². The van der Waals surface area contributed by atoms with Gasteiger partial charge in [-0.05, 0) is 52.3 Å². The van der Waals surface area contributed by atoms with Crippen molar-refractivity contribution in [2.24, 2.45) is 4.99 Å². The summed E-state index contributed by atoms with van der Waals surface area (Å²) >= 11 is 0. The van der Waals surface area contributed by atoms with Crippen molar-refractivity contribution in [3.8, 4) is 0 Å². The second-order valence-corrected chi connectivity index (χ2v) is 9.72. The second kappa shape index (κ2) is 9.80. The number of anilines is 1. The monoisotopic (exact) mass is 382 g/mol. The van der Waals surface area contributed by atoms with Gasteiger partial charge in [0, 0.05) is 38.1 Å². The Kier molecular flexibility index (Phi) is 8.40. The molecular weight excluding hydrogens is 348 g/mol. The van der Waals surface area contributed by atoms with Crippen LogP contribution >= 0.6 is 0 Å². The van der Waals surface area contributed by atoms with E-state index in [1.807, 2.05) is 6.92 Å². The zero-order valence-electron chi connectivity index (χ0n) is 17.0. The van der Waals surface area contributed by atoms with Crippen molar-refractivity contribution in [3.05, 3.63) is 29.8 Å². The Hall–Kier alpha value is -1.76. The fourth-order valence-corrected chi connectivity index (χ4v) is 2.63. The molecule has 0 spiro atoms. The predicted molar refractivity (Wildman–Crippen MR) is 112 cm³/mol. The van der Waals surface area contributed by atoms with Crippen molar-refractivity contribution in [1.29, 1.82) is 0 Å². The van der Waals surface area contributed by atoms with E-state index in [1.54, 1.807) is 13.8 Å². The number of benzene rings is 1. The van der Waals surface area contributed by atoms with Gasteiger partial charge in [-0.15, -0.1) is 0 Å². The summed E-state index contributed by atoms with van der Waals surface area (Å²) in [5, 5.41) is 6.47. The van der Waals surface area contributed by atoms with Crippen LogP contribution in [0, 0.1) is 6.92 Å². The number of hydrogen-bond donors (Lipinski definition) is 2. The molecule has 0 aliphatic carbocycles. The van der Waals surface area contributed by atoms with Crippen LogP contribution in [-0.2, 0) is 9.84 Å². The fourth-order valence-electron chi connectivity index (χ4n) is 2.33. The van der Waals surface area contributed by atoms with E-state index in [0.717, 1.165) is 19.6 Å². The van der Waals surface area contributed by atoms with Crippen LogP contribution in [0.15, 0.2) is 29.3 Å². The molecule has 1 aromatic carbocycles. The van der Waals surface area contributed by atoms with Crippen molar-refractivity contribution in [2.75, 3.05) is 43.9 Å². The molecule has 0 radical (unpaired) electrons. The van der Waals surface area contributed by atoms with Crippen molar-refractivity contribution in [3.63, 3.8) is 0 Å². The maximum absolute atomic E-state index is 11.8. The van der Waals surface area contributed by atoms with E-state index >= 15 is 0 Å². The molecule has 0 saturated carbocycles. The van der Waals surface area contributed by atoms with Gasteiger partial charge in [-0.25, -0.2) is 8.42 Å². The van der Waals surface area contributed by atoms with Gasteiger partial charge < -0.3 is 15.5 Å². The molecule has 148 valence electrons. The van der Waals surface area contributed by atoms with Crippen LogP contribution in [0.4, 0.5) is 5.69 Å². The Morgan fingerprint density at radius 1 is 1.23 bits per heavy atom. The number of nitrogens with zero attached hydrogens (tertiary/aromatic N) is 2. The van der Waals surface area contributed by atoms with Gasteiger partial charge in [0.15, 0.2) is 15.8 Å². The number of likely N-dealkylation sites (N-methyl/N-ethyl adjacent to an activating group) is 1. The van der Waals surface area contributed by atoms with E-state index < -0.39 is 14.6 Å². The highest BCUT2D eigenvalue weighted by molar-refractivity contribution is 7.92. The molecule has 0 aliphatic rings. The highest BCUT2D eigenvalue weighted by Crippen LogP contribution is 2.16. The normalized spacial score (nSPS) is 12.8. The van der Waals surface area contributed by atoms with E-state index in [-0.39, 0.29) is 6.54 Å². The molecule has 0 atom stereocenters. The molecule has 6 nitrogen and oxygen atoms in total. The van der Waals surface area contributed by atoms with Crippen molar-refractivity contribution >= 4 is 21.5 Å². The zero-order chi connectivity index (χ0) is 19.8. The Bertz CT molecular complexity index is 699. The molecule has 1 rings (SSSR count). The summed E-state index contributed by atoms with van der Waals surface area (Å²) in [7, 11) is -3.16. The molecule has 1 aromatic rings. The van der Waals surface area contributed by atoms with E-state index in [4.69, 9.17) is 0 Å². The second-order valence-electron chi connectivity index (χ2n) is 7.07. The van der Waals surface area contributed by atoms with Crippen LogP contribution < -0.4 is 15.5 Å². The Morgan fingerprint density at radius 3 is 2.46 bits per heavy atom. The summed E-state index contributed by atoms with van der Waals surface area (Å²) in [5.41, 5.74) is 2.45. The van der Waals surface area contributed by atoms with Crippen LogP contribution in [0.5, 0.6) is 0 Å². The SMILES string of the molecule is CCNC(=NCC(C)(C)S(C)(=O)=O)NCCN(CC)c1cccc(C)c1. The molecule has 0 saturated heterocycles. The minimum absolute atomic E-state index is 0.219. The average molecular weight is 383 g/mol. The first-order chi connectivity index (χ1) is 12.1. The maximum Gasteiger partial charge on any atom is 0.191 e. The summed E-state index contributed by atoms with van der Waals surface area (Å²) in [6, 6.07) is 8.45. The summed E-state index contributed by atoms with van der Waals surface area (Å²) in [4.78, 5) is 6.75. The third kappa shape index (κ3) is 6.86. The molecule has 0 heterocycles. The highest BCUT2D eigenvalue weighted by Gasteiger charge is 2.29. The van der Waals surface area contributed by atoms with Gasteiger partial charge in [0.25, 0.3) is 0 Å². The molecule has 7 heteroatoms.